The van der Waals surface area contributed by atoms with Gasteiger partial charge in [-0.15, -0.1) is 0 Å². The van der Waals surface area contributed by atoms with E-state index >= 15 is 0 Å². The molecule has 0 aliphatic carbocycles. The molecule has 1 saturated heterocycles. The number of hydrogen-bond acceptors (Lipinski definition) is 3. The zero-order valence-corrected chi connectivity index (χ0v) is 12.6. The predicted octanol–water partition coefficient (Wildman–Crippen LogP) is 2.69. The monoisotopic (exact) mass is 299 g/mol. The molecular formula is C15H22FNO2S. The van der Waals surface area contributed by atoms with Gasteiger partial charge < -0.3 is 5.32 Å². The van der Waals surface area contributed by atoms with Gasteiger partial charge in [0, 0.05) is 11.6 Å². The minimum atomic E-state index is -2.81. The van der Waals surface area contributed by atoms with Crippen molar-refractivity contribution >= 4 is 9.84 Å². The van der Waals surface area contributed by atoms with Crippen LogP contribution in [0.3, 0.4) is 0 Å². The molecule has 3 nitrogen and oxygen atoms in total. The van der Waals surface area contributed by atoms with E-state index in [1.807, 2.05) is 19.1 Å². The first-order valence-electron chi connectivity index (χ1n) is 7.20. The Bertz CT molecular complexity index is 531. The van der Waals surface area contributed by atoms with E-state index in [0.717, 1.165) is 13.0 Å². The van der Waals surface area contributed by atoms with Crippen LogP contribution in [0.2, 0.25) is 0 Å². The van der Waals surface area contributed by atoms with Gasteiger partial charge in [0.1, 0.15) is 15.7 Å². The van der Waals surface area contributed by atoms with Gasteiger partial charge in [-0.3, -0.25) is 0 Å². The maximum atomic E-state index is 13.8. The summed E-state index contributed by atoms with van der Waals surface area (Å²) in [6, 6.07) is 6.82. The Kier molecular flexibility index (Phi) is 5.16. The summed E-state index contributed by atoms with van der Waals surface area (Å²) < 4.78 is 36.5. The third-order valence-corrected chi connectivity index (χ3v) is 5.73. The second-order valence-corrected chi connectivity index (χ2v) is 7.79. The lowest BCUT2D eigenvalue weighted by Gasteiger charge is -2.25. The first-order chi connectivity index (χ1) is 9.52. The summed E-state index contributed by atoms with van der Waals surface area (Å²) in [5.41, 5.74) is 0.693. The van der Waals surface area contributed by atoms with Gasteiger partial charge in [0.15, 0.2) is 0 Å². The van der Waals surface area contributed by atoms with Gasteiger partial charge in [-0.05, 0) is 37.8 Å². The second kappa shape index (κ2) is 6.68. The van der Waals surface area contributed by atoms with Crippen LogP contribution in [0.25, 0.3) is 0 Å². The van der Waals surface area contributed by atoms with Gasteiger partial charge in [-0.25, -0.2) is 12.8 Å². The zero-order chi connectivity index (χ0) is 14.6. The fraction of sp³-hybridized carbons (Fsp3) is 0.600. The Morgan fingerprint density at radius 3 is 2.55 bits per heavy atom. The molecule has 1 fully saturated rings. The fourth-order valence-electron chi connectivity index (χ4n) is 2.68. The molecule has 0 radical (unpaired) electrons. The lowest BCUT2D eigenvalue weighted by molar-refractivity contribution is 0.390. The molecule has 0 aromatic heterocycles. The smallest absolute Gasteiger partial charge is 0.150 e. The highest BCUT2D eigenvalue weighted by Crippen LogP contribution is 2.22. The number of hydrogen-bond donors (Lipinski definition) is 1. The Hall–Kier alpha value is -0.940. The van der Waals surface area contributed by atoms with Crippen molar-refractivity contribution in [3.05, 3.63) is 35.6 Å². The summed E-state index contributed by atoms with van der Waals surface area (Å²) in [5, 5.41) is 3.39. The summed E-state index contributed by atoms with van der Waals surface area (Å²) in [5.74, 6) is 0.767. The lowest BCUT2D eigenvalue weighted by atomic mass is 10.00. The summed E-state index contributed by atoms with van der Waals surface area (Å²) in [4.78, 5) is 0. The summed E-state index contributed by atoms with van der Waals surface area (Å²) in [7, 11) is -2.81. The zero-order valence-electron chi connectivity index (χ0n) is 11.8. The van der Waals surface area contributed by atoms with E-state index in [2.05, 4.69) is 5.32 Å². The quantitative estimate of drug-likeness (QED) is 0.909. The molecule has 20 heavy (non-hydrogen) atoms. The molecule has 5 heteroatoms. The van der Waals surface area contributed by atoms with Crippen LogP contribution in [0.1, 0.15) is 37.8 Å². The number of benzene rings is 1. The minimum absolute atomic E-state index is 0.00488. The molecular weight excluding hydrogens is 277 g/mol. The SMILES string of the molecule is CCC(NCC1CCS(=O)(=O)CC1)c1ccccc1F. The van der Waals surface area contributed by atoms with Gasteiger partial charge in [0.25, 0.3) is 0 Å². The van der Waals surface area contributed by atoms with Crippen molar-refractivity contribution < 1.29 is 12.8 Å². The standard InChI is InChI=1S/C15H22FNO2S/c1-2-15(13-5-3-4-6-14(13)16)17-11-12-7-9-20(18,19)10-8-12/h3-6,12,15,17H,2,7-11H2,1H3. The van der Waals surface area contributed by atoms with Gasteiger partial charge >= 0.3 is 0 Å². The van der Waals surface area contributed by atoms with Crippen LogP contribution in [-0.4, -0.2) is 26.5 Å². The third-order valence-electron chi connectivity index (χ3n) is 4.02. The molecule has 1 unspecified atom stereocenters. The Morgan fingerprint density at radius 2 is 1.95 bits per heavy atom. The molecule has 1 aromatic rings. The average Bonchev–Trinajstić information content (AvgIpc) is 2.43. The van der Waals surface area contributed by atoms with Crippen LogP contribution in [0, 0.1) is 11.7 Å². The summed E-state index contributed by atoms with van der Waals surface area (Å²) >= 11 is 0. The highest BCUT2D eigenvalue weighted by atomic mass is 32.2. The first kappa shape index (κ1) is 15.4. The van der Waals surface area contributed by atoms with Crippen molar-refractivity contribution in [2.75, 3.05) is 18.1 Å². The van der Waals surface area contributed by atoms with E-state index in [1.54, 1.807) is 6.07 Å². The average molecular weight is 299 g/mol. The second-order valence-electron chi connectivity index (χ2n) is 5.49. The van der Waals surface area contributed by atoms with E-state index < -0.39 is 9.84 Å². The number of halogens is 1. The van der Waals surface area contributed by atoms with Gasteiger partial charge in [0.05, 0.1) is 11.5 Å². The van der Waals surface area contributed by atoms with Gasteiger partial charge in [-0.2, -0.15) is 0 Å². The molecule has 1 aliphatic heterocycles. The van der Waals surface area contributed by atoms with E-state index in [0.29, 0.717) is 24.3 Å². The molecule has 1 aromatic carbocycles. The molecule has 1 heterocycles. The van der Waals surface area contributed by atoms with Crippen molar-refractivity contribution in [2.45, 2.75) is 32.2 Å². The topological polar surface area (TPSA) is 46.2 Å². The van der Waals surface area contributed by atoms with Crippen LogP contribution in [-0.2, 0) is 9.84 Å². The highest BCUT2D eigenvalue weighted by Gasteiger charge is 2.24. The fourth-order valence-corrected chi connectivity index (χ4v) is 4.27. The molecule has 0 saturated carbocycles. The molecule has 112 valence electrons. The van der Waals surface area contributed by atoms with Crippen molar-refractivity contribution in [3.63, 3.8) is 0 Å². The third kappa shape index (κ3) is 4.03. The Morgan fingerprint density at radius 1 is 1.30 bits per heavy atom. The van der Waals surface area contributed by atoms with Crippen LogP contribution >= 0.6 is 0 Å². The largest absolute Gasteiger partial charge is 0.310 e. The van der Waals surface area contributed by atoms with Crippen molar-refractivity contribution in [1.82, 2.24) is 5.32 Å². The summed E-state index contributed by atoms with van der Waals surface area (Å²) in [6.45, 7) is 2.78. The van der Waals surface area contributed by atoms with Crippen LogP contribution in [0.15, 0.2) is 24.3 Å². The number of sulfone groups is 1. The highest BCUT2D eigenvalue weighted by molar-refractivity contribution is 7.91. The Labute approximate surface area is 120 Å². The molecule has 1 aliphatic rings. The first-order valence-corrected chi connectivity index (χ1v) is 9.02. The number of rotatable bonds is 5. The van der Waals surface area contributed by atoms with Gasteiger partial charge in [-0.1, -0.05) is 25.1 Å². The van der Waals surface area contributed by atoms with E-state index in [-0.39, 0.29) is 23.4 Å². The van der Waals surface area contributed by atoms with Crippen molar-refractivity contribution in [2.24, 2.45) is 5.92 Å². The lowest BCUT2D eigenvalue weighted by Crippen LogP contribution is -2.33. The maximum Gasteiger partial charge on any atom is 0.150 e. The molecule has 1 N–H and O–H groups in total. The van der Waals surface area contributed by atoms with E-state index in [9.17, 15) is 12.8 Å². The summed E-state index contributed by atoms with van der Waals surface area (Å²) in [6.07, 6.45) is 2.23. The van der Waals surface area contributed by atoms with Gasteiger partial charge in [0.2, 0.25) is 0 Å². The van der Waals surface area contributed by atoms with Crippen molar-refractivity contribution in [3.8, 4) is 0 Å². The van der Waals surface area contributed by atoms with Crippen LogP contribution < -0.4 is 5.32 Å². The molecule has 0 amide bonds. The normalized spacial score (nSPS) is 20.7. The Balaban J connectivity index is 1.91. The molecule has 0 spiro atoms. The van der Waals surface area contributed by atoms with Crippen LogP contribution in [0.5, 0.6) is 0 Å². The number of nitrogens with one attached hydrogen (secondary N) is 1. The minimum Gasteiger partial charge on any atom is -0.310 e. The predicted molar refractivity (Wildman–Crippen MR) is 78.8 cm³/mol. The molecule has 0 bridgehead atoms. The molecule has 1 atom stereocenters. The van der Waals surface area contributed by atoms with Crippen LogP contribution in [0.4, 0.5) is 4.39 Å². The van der Waals surface area contributed by atoms with E-state index in [1.165, 1.54) is 6.07 Å². The van der Waals surface area contributed by atoms with E-state index in [4.69, 9.17) is 0 Å². The molecule has 2 rings (SSSR count). The van der Waals surface area contributed by atoms with Crippen molar-refractivity contribution in [1.29, 1.82) is 0 Å². The maximum absolute atomic E-state index is 13.8.